The van der Waals surface area contributed by atoms with Crippen LogP contribution in [0.4, 0.5) is 5.69 Å². The van der Waals surface area contributed by atoms with E-state index in [4.69, 9.17) is 0 Å². The molecule has 5 heteroatoms. The Balaban J connectivity index is 2.27. The Labute approximate surface area is 98.2 Å². The fraction of sp³-hybridized carbons (Fsp3) is 0.333. The number of aromatic nitrogens is 1. The predicted molar refractivity (Wildman–Crippen MR) is 65.0 cm³/mol. The van der Waals surface area contributed by atoms with E-state index in [1.165, 1.54) is 5.56 Å². The number of nitrogens with zero attached hydrogens (tertiary/aromatic N) is 2. The lowest BCUT2D eigenvalue weighted by Gasteiger charge is -2.22. The highest BCUT2D eigenvalue weighted by molar-refractivity contribution is 5.91. The van der Waals surface area contributed by atoms with E-state index in [0.29, 0.717) is 5.52 Å². The van der Waals surface area contributed by atoms with E-state index >= 15 is 0 Å². The monoisotopic (exact) mass is 231 g/mol. The van der Waals surface area contributed by atoms with Gasteiger partial charge in [0.15, 0.2) is 0 Å². The van der Waals surface area contributed by atoms with Gasteiger partial charge in [0, 0.05) is 30.2 Å². The third-order valence-electron chi connectivity index (χ3n) is 3.38. The van der Waals surface area contributed by atoms with Crippen molar-refractivity contribution < 1.29 is 4.92 Å². The molecule has 1 aromatic carbocycles. The Morgan fingerprint density at radius 1 is 1.47 bits per heavy atom. The SMILES string of the molecule is CN1CCc2c([nH]c3c([N+](=O)[O-])cccc23)C1. The molecular weight excluding hydrogens is 218 g/mol. The van der Waals surface area contributed by atoms with Crippen LogP contribution in [0.3, 0.4) is 0 Å². The third kappa shape index (κ3) is 1.51. The lowest BCUT2D eigenvalue weighted by molar-refractivity contribution is -0.383. The van der Waals surface area contributed by atoms with E-state index in [0.717, 1.165) is 30.6 Å². The zero-order valence-corrected chi connectivity index (χ0v) is 9.56. The van der Waals surface area contributed by atoms with Gasteiger partial charge in [0.2, 0.25) is 0 Å². The van der Waals surface area contributed by atoms with E-state index in [-0.39, 0.29) is 10.6 Å². The van der Waals surface area contributed by atoms with Crippen LogP contribution in [0.25, 0.3) is 10.9 Å². The number of nitro benzene ring substituents is 1. The highest BCUT2D eigenvalue weighted by Crippen LogP contribution is 2.32. The van der Waals surface area contributed by atoms with Crippen molar-refractivity contribution in [1.29, 1.82) is 0 Å². The molecule has 2 aromatic rings. The summed E-state index contributed by atoms with van der Waals surface area (Å²) in [7, 11) is 2.06. The predicted octanol–water partition coefficient (Wildman–Crippen LogP) is 2.06. The Morgan fingerprint density at radius 2 is 2.29 bits per heavy atom. The molecule has 0 saturated heterocycles. The second-order valence-electron chi connectivity index (χ2n) is 4.53. The van der Waals surface area contributed by atoms with Gasteiger partial charge in [-0.1, -0.05) is 12.1 Å². The summed E-state index contributed by atoms with van der Waals surface area (Å²) in [6, 6.07) is 5.27. The number of nitrogens with one attached hydrogen (secondary N) is 1. The number of rotatable bonds is 1. The maximum Gasteiger partial charge on any atom is 0.293 e. The molecule has 1 N–H and O–H groups in total. The molecule has 0 bridgehead atoms. The van der Waals surface area contributed by atoms with Gasteiger partial charge < -0.3 is 9.88 Å². The summed E-state index contributed by atoms with van der Waals surface area (Å²) >= 11 is 0. The smallest absolute Gasteiger partial charge is 0.293 e. The molecular formula is C12H13N3O2. The first-order valence-corrected chi connectivity index (χ1v) is 5.62. The highest BCUT2D eigenvalue weighted by Gasteiger charge is 2.22. The van der Waals surface area contributed by atoms with Gasteiger partial charge in [0.1, 0.15) is 5.52 Å². The van der Waals surface area contributed by atoms with E-state index < -0.39 is 0 Å². The Morgan fingerprint density at radius 3 is 3.06 bits per heavy atom. The van der Waals surface area contributed by atoms with Crippen molar-refractivity contribution in [3.8, 4) is 0 Å². The molecule has 88 valence electrons. The summed E-state index contributed by atoms with van der Waals surface area (Å²) < 4.78 is 0. The van der Waals surface area contributed by atoms with Gasteiger partial charge in [-0.15, -0.1) is 0 Å². The number of aromatic amines is 1. The number of H-pyrrole nitrogens is 1. The molecule has 0 saturated carbocycles. The van der Waals surface area contributed by atoms with E-state index in [9.17, 15) is 10.1 Å². The summed E-state index contributed by atoms with van der Waals surface area (Å²) in [4.78, 5) is 16.1. The Kier molecular flexibility index (Phi) is 2.16. The number of hydrogen-bond acceptors (Lipinski definition) is 3. The first-order valence-electron chi connectivity index (χ1n) is 5.62. The molecule has 0 unspecified atom stereocenters. The Hall–Kier alpha value is -1.88. The number of hydrogen-bond donors (Lipinski definition) is 1. The largest absolute Gasteiger partial charge is 0.351 e. The fourth-order valence-corrected chi connectivity index (χ4v) is 2.54. The average Bonchev–Trinajstić information content (AvgIpc) is 2.65. The molecule has 0 fully saturated rings. The molecule has 1 aliphatic rings. The van der Waals surface area contributed by atoms with Crippen molar-refractivity contribution in [2.75, 3.05) is 13.6 Å². The van der Waals surface area contributed by atoms with Gasteiger partial charge >= 0.3 is 0 Å². The highest BCUT2D eigenvalue weighted by atomic mass is 16.6. The molecule has 0 amide bonds. The standard InChI is InChI=1S/C12H13N3O2/c1-14-6-5-8-9-3-2-4-11(15(16)17)12(9)13-10(8)7-14/h2-4,13H,5-7H2,1H3. The van der Waals surface area contributed by atoms with Crippen LogP contribution in [0.5, 0.6) is 0 Å². The number of fused-ring (bicyclic) bond motifs is 3. The van der Waals surface area contributed by atoms with Gasteiger partial charge in [0.25, 0.3) is 5.69 Å². The minimum atomic E-state index is -0.325. The van der Waals surface area contributed by atoms with Crippen LogP contribution in [0, 0.1) is 10.1 Å². The van der Waals surface area contributed by atoms with Crippen LogP contribution < -0.4 is 0 Å². The van der Waals surface area contributed by atoms with Crippen LogP contribution in [-0.2, 0) is 13.0 Å². The number of para-hydroxylation sites is 1. The first-order chi connectivity index (χ1) is 8.16. The van der Waals surface area contributed by atoms with Crippen molar-refractivity contribution in [1.82, 2.24) is 9.88 Å². The minimum absolute atomic E-state index is 0.166. The first kappa shape index (κ1) is 10.3. The van der Waals surface area contributed by atoms with Crippen LogP contribution >= 0.6 is 0 Å². The second-order valence-corrected chi connectivity index (χ2v) is 4.53. The van der Waals surface area contributed by atoms with Crippen molar-refractivity contribution in [3.63, 3.8) is 0 Å². The maximum absolute atomic E-state index is 11.0. The van der Waals surface area contributed by atoms with E-state index in [2.05, 4.69) is 16.9 Å². The minimum Gasteiger partial charge on any atom is -0.351 e. The summed E-state index contributed by atoms with van der Waals surface area (Å²) in [5, 5.41) is 12.0. The Bertz CT molecular complexity index is 603. The normalized spacial score (nSPS) is 16.1. The summed E-state index contributed by atoms with van der Waals surface area (Å²) in [5.41, 5.74) is 3.18. The van der Waals surface area contributed by atoms with Crippen molar-refractivity contribution in [3.05, 3.63) is 39.6 Å². The van der Waals surface area contributed by atoms with Gasteiger partial charge in [-0.05, 0) is 19.0 Å². The van der Waals surface area contributed by atoms with Gasteiger partial charge in [-0.25, -0.2) is 0 Å². The van der Waals surface area contributed by atoms with Gasteiger partial charge in [0.05, 0.1) is 4.92 Å². The zero-order chi connectivity index (χ0) is 12.0. The van der Waals surface area contributed by atoms with Crippen LogP contribution in [-0.4, -0.2) is 28.4 Å². The van der Waals surface area contributed by atoms with Crippen molar-refractivity contribution in [2.45, 2.75) is 13.0 Å². The number of nitro groups is 1. The van der Waals surface area contributed by atoms with E-state index in [1.807, 2.05) is 6.07 Å². The molecule has 0 radical (unpaired) electrons. The molecule has 1 aromatic heterocycles. The lowest BCUT2D eigenvalue weighted by atomic mass is 10.0. The molecule has 0 atom stereocenters. The number of likely N-dealkylation sites (N-methyl/N-ethyl adjacent to an activating group) is 1. The van der Waals surface area contributed by atoms with Crippen molar-refractivity contribution in [2.24, 2.45) is 0 Å². The zero-order valence-electron chi connectivity index (χ0n) is 9.56. The average molecular weight is 231 g/mol. The molecule has 5 nitrogen and oxygen atoms in total. The molecule has 1 aliphatic heterocycles. The fourth-order valence-electron chi connectivity index (χ4n) is 2.54. The van der Waals surface area contributed by atoms with E-state index in [1.54, 1.807) is 12.1 Å². The summed E-state index contributed by atoms with van der Waals surface area (Å²) in [6.45, 7) is 1.84. The number of benzene rings is 1. The summed E-state index contributed by atoms with van der Waals surface area (Å²) in [6.07, 6.45) is 0.951. The second kappa shape index (κ2) is 3.56. The maximum atomic E-state index is 11.0. The van der Waals surface area contributed by atoms with Crippen LogP contribution in [0.2, 0.25) is 0 Å². The summed E-state index contributed by atoms with van der Waals surface area (Å²) in [5.74, 6) is 0. The molecule has 17 heavy (non-hydrogen) atoms. The molecule has 0 aliphatic carbocycles. The van der Waals surface area contributed by atoms with Crippen molar-refractivity contribution >= 4 is 16.6 Å². The molecule has 3 rings (SSSR count). The van der Waals surface area contributed by atoms with Gasteiger partial charge in [-0.2, -0.15) is 0 Å². The third-order valence-corrected chi connectivity index (χ3v) is 3.38. The number of non-ortho nitro benzene ring substituents is 1. The van der Waals surface area contributed by atoms with Gasteiger partial charge in [-0.3, -0.25) is 10.1 Å². The van der Waals surface area contributed by atoms with Crippen LogP contribution in [0.1, 0.15) is 11.3 Å². The lowest BCUT2D eigenvalue weighted by Crippen LogP contribution is -2.26. The van der Waals surface area contributed by atoms with Crippen LogP contribution in [0.15, 0.2) is 18.2 Å². The molecule has 2 heterocycles. The topological polar surface area (TPSA) is 62.2 Å². The quantitative estimate of drug-likeness (QED) is 0.603. The molecule has 0 spiro atoms.